The van der Waals surface area contributed by atoms with Crippen molar-refractivity contribution in [2.45, 2.75) is 111 Å². The Balaban J connectivity index is 1.40. The fraction of sp³-hybridized carbons (Fsp3) is 0.625. The number of hydrogen-bond acceptors (Lipinski definition) is 6. The third kappa shape index (κ3) is 9.39. The molecule has 2 aromatic carbocycles. The summed E-state index contributed by atoms with van der Waals surface area (Å²) in [7, 11) is 2.22. The summed E-state index contributed by atoms with van der Waals surface area (Å²) in [5, 5.41) is 22.4. The van der Waals surface area contributed by atoms with Crippen molar-refractivity contribution in [2.24, 2.45) is 9.98 Å². The zero-order valence-electron chi connectivity index (χ0n) is 31.1. The second-order valence-electron chi connectivity index (χ2n) is 16.7. The highest BCUT2D eigenvalue weighted by Gasteiger charge is 2.34. The monoisotopic (exact) mass is 644 g/mol. The molecule has 2 aromatic rings. The fourth-order valence-electron chi connectivity index (χ4n) is 6.60. The lowest BCUT2D eigenvalue weighted by molar-refractivity contribution is -0.515. The summed E-state index contributed by atoms with van der Waals surface area (Å²) >= 11 is 0. The van der Waals surface area contributed by atoms with E-state index in [-0.39, 0.29) is 16.2 Å². The van der Waals surface area contributed by atoms with E-state index < -0.39 is 0 Å². The molecule has 7 nitrogen and oxygen atoms in total. The van der Waals surface area contributed by atoms with Gasteiger partial charge in [-0.1, -0.05) is 74.4 Å². The van der Waals surface area contributed by atoms with E-state index in [0.717, 1.165) is 74.2 Å². The van der Waals surface area contributed by atoms with Crippen molar-refractivity contribution in [3.8, 4) is 11.5 Å². The summed E-state index contributed by atoms with van der Waals surface area (Å²) in [6.07, 6.45) is 8.69. The molecule has 2 N–H and O–H groups in total. The Labute approximate surface area is 285 Å². The number of benzene rings is 2. The Kier molecular flexibility index (Phi) is 11.5. The average molecular weight is 645 g/mol. The fourth-order valence-corrected chi connectivity index (χ4v) is 6.60. The van der Waals surface area contributed by atoms with Gasteiger partial charge in [0.2, 0.25) is 0 Å². The lowest BCUT2D eigenvalue weighted by Crippen LogP contribution is -2.57. The molecule has 0 saturated carbocycles. The van der Waals surface area contributed by atoms with E-state index in [4.69, 9.17) is 4.99 Å². The van der Waals surface area contributed by atoms with Crippen LogP contribution in [0, 0.1) is 0 Å². The molecule has 0 atom stereocenters. The van der Waals surface area contributed by atoms with Crippen LogP contribution in [0.15, 0.2) is 34.3 Å². The maximum Gasteiger partial charge on any atom is 0.350 e. The molecule has 2 aliphatic heterocycles. The number of guanidine groups is 1. The molecule has 2 aliphatic rings. The van der Waals surface area contributed by atoms with Gasteiger partial charge < -0.3 is 10.2 Å². The van der Waals surface area contributed by atoms with Crippen LogP contribution in [0.5, 0.6) is 11.5 Å². The van der Waals surface area contributed by atoms with Crippen LogP contribution in [-0.2, 0) is 22.7 Å². The van der Waals surface area contributed by atoms with E-state index in [1.807, 2.05) is 6.21 Å². The maximum absolute atomic E-state index is 11.3. The van der Waals surface area contributed by atoms with Crippen molar-refractivity contribution in [3.63, 3.8) is 0 Å². The first-order chi connectivity index (χ1) is 22.0. The Morgan fingerprint density at radius 3 is 1.89 bits per heavy atom. The molecule has 0 amide bonds. The first-order valence-corrected chi connectivity index (χ1v) is 17.8. The van der Waals surface area contributed by atoms with Crippen LogP contribution in [0.1, 0.15) is 121 Å². The number of hydrogen-bond donors (Lipinski definition) is 2. The van der Waals surface area contributed by atoms with Crippen molar-refractivity contribution in [1.29, 1.82) is 0 Å². The van der Waals surface area contributed by atoms with Crippen LogP contribution in [0.4, 0.5) is 0 Å². The second-order valence-corrected chi connectivity index (χ2v) is 16.7. The zero-order valence-corrected chi connectivity index (χ0v) is 31.1. The average Bonchev–Trinajstić information content (AvgIpc) is 2.97. The van der Waals surface area contributed by atoms with E-state index in [2.05, 4.69) is 113 Å². The van der Waals surface area contributed by atoms with Gasteiger partial charge >= 0.3 is 5.96 Å². The topological polar surface area (TPSA) is 74.7 Å². The second kappa shape index (κ2) is 14.8. The molecular weight excluding hydrogens is 582 g/mol. The number of aliphatic imine (C=N–C) groups is 2. The minimum Gasteiger partial charge on any atom is -0.507 e. The lowest BCUT2D eigenvalue weighted by Gasteiger charge is -2.36. The SMILES string of the molecule is C[N+]1=C2N(CCCc3cc(C(C)(C)C)cc(C=NCCCN=Cc4cc(C(C)(C)C)cc(C(C)(C)C)c4O)c3O)CCCN2CCC1. The summed E-state index contributed by atoms with van der Waals surface area (Å²) in [6.45, 7) is 26.4. The van der Waals surface area contributed by atoms with Gasteiger partial charge in [-0.2, -0.15) is 0 Å². The highest BCUT2D eigenvalue weighted by molar-refractivity contribution is 5.85. The molecule has 1 fully saturated rings. The van der Waals surface area contributed by atoms with Crippen molar-refractivity contribution in [2.75, 3.05) is 52.9 Å². The molecular formula is C40H62N5O2+. The summed E-state index contributed by atoms with van der Waals surface area (Å²) < 4.78 is 2.41. The highest BCUT2D eigenvalue weighted by atomic mass is 16.3. The predicted octanol–water partition coefficient (Wildman–Crippen LogP) is 7.26. The van der Waals surface area contributed by atoms with E-state index in [1.54, 1.807) is 6.21 Å². The summed E-state index contributed by atoms with van der Waals surface area (Å²) in [5.41, 5.74) is 5.69. The number of fused-ring (bicyclic) bond motifs is 1. The molecule has 0 aliphatic carbocycles. The Morgan fingerprint density at radius 2 is 1.30 bits per heavy atom. The maximum atomic E-state index is 11.3. The van der Waals surface area contributed by atoms with E-state index >= 15 is 0 Å². The zero-order chi connectivity index (χ0) is 34.6. The van der Waals surface area contributed by atoms with Crippen molar-refractivity contribution in [3.05, 3.63) is 57.6 Å². The highest BCUT2D eigenvalue weighted by Crippen LogP contribution is 2.37. The van der Waals surface area contributed by atoms with Gasteiger partial charge in [0.1, 0.15) is 11.5 Å². The summed E-state index contributed by atoms with van der Waals surface area (Å²) in [6, 6.07) is 8.48. The number of aryl methyl sites for hydroxylation is 1. The third-order valence-electron chi connectivity index (χ3n) is 9.49. The van der Waals surface area contributed by atoms with Gasteiger partial charge in [0, 0.05) is 55.1 Å². The number of phenolic OH excluding ortho intramolecular Hbond substituents is 2. The summed E-state index contributed by atoms with van der Waals surface area (Å²) in [4.78, 5) is 14.4. The van der Waals surface area contributed by atoms with Crippen LogP contribution < -0.4 is 0 Å². The van der Waals surface area contributed by atoms with E-state index in [0.29, 0.717) is 24.6 Å². The van der Waals surface area contributed by atoms with Gasteiger partial charge in [-0.15, -0.1) is 0 Å². The van der Waals surface area contributed by atoms with Gasteiger partial charge in [-0.3, -0.25) is 24.4 Å². The third-order valence-corrected chi connectivity index (χ3v) is 9.49. The first kappa shape index (κ1) is 36.5. The Morgan fingerprint density at radius 1 is 0.723 bits per heavy atom. The molecule has 258 valence electrons. The Hall–Kier alpha value is -3.35. The van der Waals surface area contributed by atoms with E-state index in [9.17, 15) is 10.2 Å². The number of phenols is 2. The standard InChI is InChI=1S/C40H61N5O2/c1-38(2,3)32-23-29(15-11-19-44-21-14-22-45-20-13-18-43(10)37(44)45)35(46)30(24-32)27-41-16-12-17-42-28-31-25-33(39(4,5)6)26-34(36(31)47)40(7,8)9/h23-28H,11-22H2,1-10H3,(H-,41,42,46,47)/p+1. The van der Waals surface area contributed by atoms with Crippen LogP contribution in [0.3, 0.4) is 0 Å². The van der Waals surface area contributed by atoms with Crippen LogP contribution in [0.25, 0.3) is 0 Å². The van der Waals surface area contributed by atoms with Gasteiger partial charge in [0.25, 0.3) is 0 Å². The van der Waals surface area contributed by atoms with Crippen molar-refractivity contribution in [1.82, 2.24) is 9.80 Å². The molecule has 7 heteroatoms. The predicted molar refractivity (Wildman–Crippen MR) is 199 cm³/mol. The minimum absolute atomic E-state index is 0.0267. The molecule has 47 heavy (non-hydrogen) atoms. The normalized spacial score (nSPS) is 16.6. The molecule has 0 radical (unpaired) electrons. The van der Waals surface area contributed by atoms with Gasteiger partial charge in [-0.05, 0) is 64.3 Å². The van der Waals surface area contributed by atoms with Crippen LogP contribution in [-0.4, -0.2) is 95.8 Å². The molecule has 0 unspecified atom stereocenters. The van der Waals surface area contributed by atoms with Gasteiger partial charge in [0.15, 0.2) is 0 Å². The number of aromatic hydroxyl groups is 2. The molecule has 2 heterocycles. The molecule has 4 rings (SSSR count). The molecule has 0 aromatic heterocycles. The summed E-state index contributed by atoms with van der Waals surface area (Å²) in [5.74, 6) is 2.05. The minimum atomic E-state index is -0.168. The van der Waals surface area contributed by atoms with Gasteiger partial charge in [0.05, 0.1) is 39.8 Å². The lowest BCUT2D eigenvalue weighted by atomic mass is 9.79. The van der Waals surface area contributed by atoms with Gasteiger partial charge in [-0.25, -0.2) is 0 Å². The smallest absolute Gasteiger partial charge is 0.350 e. The van der Waals surface area contributed by atoms with Crippen LogP contribution >= 0.6 is 0 Å². The van der Waals surface area contributed by atoms with Crippen LogP contribution in [0.2, 0.25) is 0 Å². The number of nitrogens with zero attached hydrogens (tertiary/aromatic N) is 5. The van der Waals surface area contributed by atoms with Crippen molar-refractivity contribution < 1.29 is 14.8 Å². The largest absolute Gasteiger partial charge is 0.507 e. The molecule has 0 spiro atoms. The first-order valence-electron chi connectivity index (χ1n) is 17.8. The molecule has 0 bridgehead atoms. The molecule has 1 saturated heterocycles. The van der Waals surface area contributed by atoms with E-state index in [1.165, 1.54) is 29.9 Å². The quantitative estimate of drug-likeness (QED) is 0.162. The number of rotatable bonds is 10. The van der Waals surface area contributed by atoms with Crippen molar-refractivity contribution >= 4 is 18.4 Å². The Bertz CT molecular complexity index is 1480.